The van der Waals surface area contributed by atoms with Crippen LogP contribution in [-0.4, -0.2) is 21.6 Å². The molecule has 0 amide bonds. The van der Waals surface area contributed by atoms with Gasteiger partial charge in [0.1, 0.15) is 5.75 Å². The van der Waals surface area contributed by atoms with Crippen molar-refractivity contribution < 1.29 is 4.74 Å². The van der Waals surface area contributed by atoms with Gasteiger partial charge in [0.15, 0.2) is 0 Å². The molecule has 118 valence electrons. The van der Waals surface area contributed by atoms with E-state index in [4.69, 9.17) is 4.74 Å². The summed E-state index contributed by atoms with van der Waals surface area (Å²) in [6.07, 6.45) is 7.23. The highest BCUT2D eigenvalue weighted by Crippen LogP contribution is 2.29. The van der Waals surface area contributed by atoms with Gasteiger partial charge in [-0.3, -0.25) is 4.98 Å². The average molecular weight is 316 g/mol. The van der Waals surface area contributed by atoms with Crippen LogP contribution < -0.4 is 10.1 Å². The van der Waals surface area contributed by atoms with Crippen molar-refractivity contribution in [2.45, 2.75) is 0 Å². The number of nitrogens with zero attached hydrogens (tertiary/aromatic N) is 3. The van der Waals surface area contributed by atoms with Gasteiger partial charge >= 0.3 is 0 Å². The van der Waals surface area contributed by atoms with E-state index in [2.05, 4.69) is 27.4 Å². The molecule has 0 bridgehead atoms. The molecule has 4 rings (SSSR count). The third-order valence-electron chi connectivity index (χ3n) is 3.86. The van der Waals surface area contributed by atoms with Crippen LogP contribution in [0.25, 0.3) is 16.6 Å². The first-order valence-electron chi connectivity index (χ1n) is 7.62. The molecule has 0 spiro atoms. The van der Waals surface area contributed by atoms with Crippen LogP contribution in [0.2, 0.25) is 0 Å². The van der Waals surface area contributed by atoms with E-state index in [-0.39, 0.29) is 0 Å². The molecule has 2 aromatic carbocycles. The summed E-state index contributed by atoms with van der Waals surface area (Å²) in [4.78, 5) is 8.50. The number of para-hydroxylation sites is 1. The standard InChI is InChI=1S/C19H16N4O/c1-24-16-11-14(10-15(12-16)23-9-8-20-13-23)22-19-6-7-21-18-5-3-2-4-17(18)19/h2-13H,1H3,(H,21,22). The van der Waals surface area contributed by atoms with Crippen molar-refractivity contribution in [2.75, 3.05) is 12.4 Å². The molecule has 4 aromatic rings. The molecule has 2 aromatic heterocycles. The second-order valence-corrected chi connectivity index (χ2v) is 5.39. The number of fused-ring (bicyclic) bond motifs is 1. The first-order valence-corrected chi connectivity index (χ1v) is 7.62. The van der Waals surface area contributed by atoms with Crippen molar-refractivity contribution in [3.63, 3.8) is 0 Å². The van der Waals surface area contributed by atoms with Crippen LogP contribution in [0, 0.1) is 0 Å². The zero-order valence-corrected chi connectivity index (χ0v) is 13.2. The highest BCUT2D eigenvalue weighted by Gasteiger charge is 2.06. The maximum absolute atomic E-state index is 5.43. The highest BCUT2D eigenvalue weighted by molar-refractivity contribution is 5.92. The molecule has 5 heteroatoms. The van der Waals surface area contributed by atoms with Gasteiger partial charge in [-0.15, -0.1) is 0 Å². The molecule has 0 saturated heterocycles. The number of benzene rings is 2. The maximum atomic E-state index is 5.43. The minimum Gasteiger partial charge on any atom is -0.497 e. The molecule has 2 heterocycles. The lowest BCUT2D eigenvalue weighted by atomic mass is 10.1. The van der Waals surface area contributed by atoms with Crippen LogP contribution in [-0.2, 0) is 0 Å². The molecule has 0 atom stereocenters. The number of hydrogen-bond acceptors (Lipinski definition) is 4. The fourth-order valence-electron chi connectivity index (χ4n) is 2.69. The van der Waals surface area contributed by atoms with Gasteiger partial charge in [-0.25, -0.2) is 4.98 Å². The number of aromatic nitrogens is 3. The summed E-state index contributed by atoms with van der Waals surface area (Å²) in [6, 6.07) is 16.0. The number of nitrogens with one attached hydrogen (secondary N) is 1. The molecule has 0 unspecified atom stereocenters. The summed E-state index contributed by atoms with van der Waals surface area (Å²) in [6.45, 7) is 0. The Balaban J connectivity index is 1.77. The van der Waals surface area contributed by atoms with Crippen molar-refractivity contribution in [3.05, 3.63) is 73.4 Å². The molecule has 24 heavy (non-hydrogen) atoms. The average Bonchev–Trinajstić information content (AvgIpc) is 3.16. The number of rotatable bonds is 4. The number of ether oxygens (including phenoxy) is 1. The maximum Gasteiger partial charge on any atom is 0.123 e. The van der Waals surface area contributed by atoms with Gasteiger partial charge in [-0.05, 0) is 18.2 Å². The molecule has 0 radical (unpaired) electrons. The fraction of sp³-hybridized carbons (Fsp3) is 0.0526. The predicted octanol–water partition coefficient (Wildman–Crippen LogP) is 4.17. The summed E-state index contributed by atoms with van der Waals surface area (Å²) in [5.74, 6) is 0.780. The van der Waals surface area contributed by atoms with E-state index in [1.54, 1.807) is 19.6 Å². The van der Waals surface area contributed by atoms with Gasteiger partial charge in [0.25, 0.3) is 0 Å². The zero-order valence-electron chi connectivity index (χ0n) is 13.2. The second kappa shape index (κ2) is 6.04. The lowest BCUT2D eigenvalue weighted by Crippen LogP contribution is -1.97. The van der Waals surface area contributed by atoms with Gasteiger partial charge < -0.3 is 14.6 Å². The Labute approximate surface area is 139 Å². The molecular formula is C19H16N4O. The van der Waals surface area contributed by atoms with Crippen LogP contribution in [0.3, 0.4) is 0 Å². The van der Waals surface area contributed by atoms with Gasteiger partial charge in [-0.2, -0.15) is 0 Å². The first kappa shape index (κ1) is 14.3. The minimum absolute atomic E-state index is 0.780. The van der Waals surface area contributed by atoms with Crippen molar-refractivity contribution in [1.82, 2.24) is 14.5 Å². The van der Waals surface area contributed by atoms with E-state index in [9.17, 15) is 0 Å². The number of pyridine rings is 1. The third-order valence-corrected chi connectivity index (χ3v) is 3.86. The molecule has 0 aliphatic carbocycles. The van der Waals surface area contributed by atoms with Crippen LogP contribution in [0.4, 0.5) is 11.4 Å². The van der Waals surface area contributed by atoms with E-state index in [0.29, 0.717) is 0 Å². The number of imidazole rings is 1. The summed E-state index contributed by atoms with van der Waals surface area (Å²) in [7, 11) is 1.67. The topological polar surface area (TPSA) is 52.0 Å². The molecule has 1 N–H and O–H groups in total. The normalized spacial score (nSPS) is 10.7. The smallest absolute Gasteiger partial charge is 0.123 e. The van der Waals surface area contributed by atoms with Crippen LogP contribution in [0.5, 0.6) is 5.75 Å². The summed E-state index contributed by atoms with van der Waals surface area (Å²) >= 11 is 0. The molecule has 0 saturated carbocycles. The highest BCUT2D eigenvalue weighted by atomic mass is 16.5. The van der Waals surface area contributed by atoms with E-state index in [1.807, 2.05) is 53.4 Å². The number of methoxy groups -OCH3 is 1. The van der Waals surface area contributed by atoms with Crippen molar-refractivity contribution in [1.29, 1.82) is 0 Å². The lowest BCUT2D eigenvalue weighted by Gasteiger charge is -2.13. The Morgan fingerprint density at radius 1 is 1.04 bits per heavy atom. The molecular weight excluding hydrogens is 300 g/mol. The van der Waals surface area contributed by atoms with Crippen molar-refractivity contribution in [2.24, 2.45) is 0 Å². The van der Waals surface area contributed by atoms with Crippen LogP contribution in [0.15, 0.2) is 73.4 Å². The number of hydrogen-bond donors (Lipinski definition) is 1. The SMILES string of the molecule is COc1cc(Nc2ccnc3ccccc23)cc(-n2ccnc2)c1. The Kier molecular flexibility index (Phi) is 3.59. The zero-order chi connectivity index (χ0) is 16.4. The van der Waals surface area contributed by atoms with E-state index >= 15 is 0 Å². The van der Waals surface area contributed by atoms with E-state index < -0.39 is 0 Å². The van der Waals surface area contributed by atoms with Gasteiger partial charge in [0.2, 0.25) is 0 Å². The summed E-state index contributed by atoms with van der Waals surface area (Å²) < 4.78 is 7.38. The van der Waals surface area contributed by atoms with Crippen molar-refractivity contribution >= 4 is 22.3 Å². The fourth-order valence-corrected chi connectivity index (χ4v) is 2.69. The molecule has 5 nitrogen and oxygen atoms in total. The van der Waals surface area contributed by atoms with Crippen LogP contribution in [0.1, 0.15) is 0 Å². The van der Waals surface area contributed by atoms with Crippen molar-refractivity contribution in [3.8, 4) is 11.4 Å². The van der Waals surface area contributed by atoms with E-state index in [0.717, 1.165) is 33.7 Å². The summed E-state index contributed by atoms with van der Waals surface area (Å²) in [5, 5.41) is 4.55. The minimum atomic E-state index is 0.780. The Hall–Kier alpha value is -3.34. The molecule has 0 aliphatic rings. The second-order valence-electron chi connectivity index (χ2n) is 5.39. The quantitative estimate of drug-likeness (QED) is 0.614. The third kappa shape index (κ3) is 2.67. The molecule has 0 aliphatic heterocycles. The monoisotopic (exact) mass is 316 g/mol. The van der Waals surface area contributed by atoms with Gasteiger partial charge in [0, 0.05) is 47.5 Å². The Morgan fingerprint density at radius 2 is 1.96 bits per heavy atom. The molecule has 0 fully saturated rings. The largest absolute Gasteiger partial charge is 0.497 e. The first-order chi connectivity index (χ1) is 11.8. The number of anilines is 2. The lowest BCUT2D eigenvalue weighted by molar-refractivity contribution is 0.415. The Bertz CT molecular complexity index is 975. The van der Waals surface area contributed by atoms with Crippen LogP contribution >= 0.6 is 0 Å². The van der Waals surface area contributed by atoms with Gasteiger partial charge in [0.05, 0.1) is 24.6 Å². The summed E-state index contributed by atoms with van der Waals surface area (Å²) in [5.41, 5.74) is 3.88. The van der Waals surface area contributed by atoms with E-state index in [1.165, 1.54) is 0 Å². The predicted molar refractivity (Wildman–Crippen MR) is 95.1 cm³/mol. The Morgan fingerprint density at radius 3 is 2.79 bits per heavy atom. The van der Waals surface area contributed by atoms with Gasteiger partial charge in [-0.1, -0.05) is 18.2 Å².